The van der Waals surface area contributed by atoms with Crippen LogP contribution in [0.4, 0.5) is 15.5 Å². The number of amides is 1. The molecule has 5 rings (SSSR count). The number of ether oxygens (including phenoxy) is 1. The van der Waals surface area contributed by atoms with Gasteiger partial charge in [-0.25, -0.2) is 4.79 Å². The predicted octanol–water partition coefficient (Wildman–Crippen LogP) is 4.64. The molecule has 0 bridgehead atoms. The Bertz CT molecular complexity index is 1450. The standard InChI is InChI=1S/C24H19N3O6S/c1-13-4-2-3-5-14(13)12-31-23(30)26-19-17(27-34-20(19)25)7-6-16-10-15-11-18(33-21(15)32-16)24(8-9-24)22(28)29/h2-5,10-11H,8-9,12,25H2,1H3,(H,26,30)(H,28,29). The number of nitrogens with zero attached hydrogens (tertiary/aromatic N) is 1. The van der Waals surface area contributed by atoms with Crippen molar-refractivity contribution in [3.05, 3.63) is 64.7 Å². The van der Waals surface area contributed by atoms with Crippen LogP contribution >= 0.6 is 11.5 Å². The van der Waals surface area contributed by atoms with Crippen LogP contribution in [0.15, 0.2) is 45.2 Å². The molecule has 10 heteroatoms. The minimum atomic E-state index is -0.945. The number of hydrogen-bond donors (Lipinski definition) is 3. The molecule has 1 aliphatic carbocycles. The van der Waals surface area contributed by atoms with Gasteiger partial charge in [0.05, 0.1) is 5.39 Å². The van der Waals surface area contributed by atoms with E-state index in [1.165, 1.54) is 0 Å². The number of aryl methyl sites for hydroxylation is 1. The van der Waals surface area contributed by atoms with E-state index in [1.54, 1.807) is 12.1 Å². The summed E-state index contributed by atoms with van der Waals surface area (Å²) in [5.41, 5.74) is 7.46. The van der Waals surface area contributed by atoms with Crippen LogP contribution in [0.3, 0.4) is 0 Å². The van der Waals surface area contributed by atoms with Gasteiger partial charge in [0.15, 0.2) is 11.5 Å². The van der Waals surface area contributed by atoms with Crippen LogP contribution in [0.25, 0.3) is 11.2 Å². The van der Waals surface area contributed by atoms with Crippen LogP contribution < -0.4 is 11.1 Å². The maximum absolute atomic E-state index is 12.3. The lowest BCUT2D eigenvalue weighted by molar-refractivity contribution is -0.140. The zero-order valence-electron chi connectivity index (χ0n) is 18.0. The van der Waals surface area contributed by atoms with Crippen molar-refractivity contribution in [3.63, 3.8) is 0 Å². The summed E-state index contributed by atoms with van der Waals surface area (Å²) in [5, 5.41) is 12.9. The number of carboxylic acid groups (broad SMARTS) is 1. The van der Waals surface area contributed by atoms with Crippen molar-refractivity contribution in [1.29, 1.82) is 0 Å². The minimum absolute atomic E-state index is 0.119. The van der Waals surface area contributed by atoms with E-state index in [-0.39, 0.29) is 23.8 Å². The molecule has 1 saturated carbocycles. The van der Waals surface area contributed by atoms with Crippen molar-refractivity contribution < 1.29 is 28.3 Å². The second kappa shape index (κ2) is 8.28. The molecule has 0 aliphatic heterocycles. The van der Waals surface area contributed by atoms with Crippen LogP contribution in [0.2, 0.25) is 0 Å². The molecular formula is C24H19N3O6S. The molecule has 4 aromatic rings. The van der Waals surface area contributed by atoms with E-state index in [9.17, 15) is 14.7 Å². The molecule has 4 N–H and O–H groups in total. The summed E-state index contributed by atoms with van der Waals surface area (Å²) in [5.74, 6) is 5.66. The lowest BCUT2D eigenvalue weighted by Gasteiger charge is -2.08. The second-order valence-electron chi connectivity index (χ2n) is 8.00. The van der Waals surface area contributed by atoms with E-state index in [4.69, 9.17) is 19.3 Å². The number of carbonyl (C=O) groups is 2. The predicted molar refractivity (Wildman–Crippen MR) is 125 cm³/mol. The monoisotopic (exact) mass is 477 g/mol. The number of aliphatic carboxylic acids is 1. The van der Waals surface area contributed by atoms with Gasteiger partial charge >= 0.3 is 12.1 Å². The van der Waals surface area contributed by atoms with Gasteiger partial charge in [-0.15, -0.1) is 0 Å². The number of aromatic nitrogens is 1. The number of rotatable bonds is 5. The van der Waals surface area contributed by atoms with Gasteiger partial charge in [-0.2, -0.15) is 4.37 Å². The third-order valence-electron chi connectivity index (χ3n) is 5.71. The number of hydrogen-bond acceptors (Lipinski definition) is 8. The first-order valence-electron chi connectivity index (χ1n) is 10.4. The Balaban J connectivity index is 1.29. The first kappa shape index (κ1) is 21.6. The van der Waals surface area contributed by atoms with Crippen LogP contribution in [-0.2, 0) is 21.6 Å². The Morgan fingerprint density at radius 1 is 1.26 bits per heavy atom. The van der Waals surface area contributed by atoms with Crippen molar-refractivity contribution in [2.45, 2.75) is 31.8 Å². The Morgan fingerprint density at radius 2 is 2.06 bits per heavy atom. The minimum Gasteiger partial charge on any atom is -0.480 e. The van der Waals surface area contributed by atoms with Crippen molar-refractivity contribution in [1.82, 2.24) is 4.37 Å². The number of carbonyl (C=O) groups excluding carboxylic acids is 1. The van der Waals surface area contributed by atoms with Gasteiger partial charge in [-0.1, -0.05) is 24.3 Å². The molecule has 3 heterocycles. The summed E-state index contributed by atoms with van der Waals surface area (Å²) >= 11 is 0.996. The highest BCUT2D eigenvalue weighted by molar-refractivity contribution is 7.10. The lowest BCUT2D eigenvalue weighted by atomic mass is 10.0. The molecule has 0 unspecified atom stereocenters. The molecule has 1 aromatic carbocycles. The average Bonchev–Trinajstić information content (AvgIpc) is 3.25. The number of carboxylic acids is 1. The lowest BCUT2D eigenvalue weighted by Crippen LogP contribution is -2.18. The van der Waals surface area contributed by atoms with Crippen molar-refractivity contribution in [2.24, 2.45) is 0 Å². The van der Waals surface area contributed by atoms with Gasteiger partial charge in [-0.05, 0) is 60.3 Å². The van der Waals surface area contributed by atoms with E-state index >= 15 is 0 Å². The Hall–Kier alpha value is -4.23. The fourth-order valence-electron chi connectivity index (χ4n) is 3.51. The fourth-order valence-corrected chi connectivity index (χ4v) is 4.08. The summed E-state index contributed by atoms with van der Waals surface area (Å²) in [6, 6.07) is 10.9. The molecule has 0 spiro atoms. The smallest absolute Gasteiger partial charge is 0.412 e. The van der Waals surface area contributed by atoms with Crippen molar-refractivity contribution >= 4 is 45.4 Å². The zero-order chi connectivity index (χ0) is 23.9. The quantitative estimate of drug-likeness (QED) is 0.353. The summed E-state index contributed by atoms with van der Waals surface area (Å²) in [6.07, 6.45) is 0.410. The van der Waals surface area contributed by atoms with Crippen LogP contribution in [-0.4, -0.2) is 21.5 Å². The van der Waals surface area contributed by atoms with Crippen LogP contribution in [0.5, 0.6) is 0 Å². The number of nitrogens with one attached hydrogen (secondary N) is 1. The molecule has 0 atom stereocenters. The maximum atomic E-state index is 12.3. The normalized spacial score (nSPS) is 13.8. The topological polar surface area (TPSA) is 141 Å². The van der Waals surface area contributed by atoms with Crippen LogP contribution in [0, 0.1) is 18.8 Å². The highest BCUT2D eigenvalue weighted by atomic mass is 32.1. The number of nitrogen functional groups attached to an aromatic ring is 1. The van der Waals surface area contributed by atoms with E-state index in [2.05, 4.69) is 21.5 Å². The van der Waals surface area contributed by atoms with Crippen molar-refractivity contribution in [2.75, 3.05) is 11.1 Å². The van der Waals surface area contributed by atoms with Gasteiger partial charge in [0.25, 0.3) is 5.78 Å². The van der Waals surface area contributed by atoms with Gasteiger partial charge in [0.1, 0.15) is 28.5 Å². The Morgan fingerprint density at radius 3 is 2.76 bits per heavy atom. The molecule has 9 nitrogen and oxygen atoms in total. The summed E-state index contributed by atoms with van der Waals surface area (Å²) < 4.78 is 20.7. The third kappa shape index (κ3) is 3.97. The highest BCUT2D eigenvalue weighted by Crippen LogP contribution is 2.50. The van der Waals surface area contributed by atoms with E-state index in [0.29, 0.717) is 34.7 Å². The molecule has 3 aromatic heterocycles. The number of fused-ring (bicyclic) bond motifs is 1. The van der Waals surface area contributed by atoms with E-state index in [1.807, 2.05) is 31.2 Å². The molecule has 1 aliphatic rings. The molecule has 34 heavy (non-hydrogen) atoms. The molecule has 1 fully saturated rings. The second-order valence-corrected chi connectivity index (χ2v) is 8.80. The van der Waals surface area contributed by atoms with Gasteiger partial charge in [-0.3, -0.25) is 10.1 Å². The molecule has 1 amide bonds. The number of nitrogens with two attached hydrogens (primary N) is 1. The third-order valence-corrected chi connectivity index (χ3v) is 6.39. The molecule has 172 valence electrons. The summed E-state index contributed by atoms with van der Waals surface area (Å²) in [4.78, 5) is 23.8. The average molecular weight is 477 g/mol. The van der Waals surface area contributed by atoms with Gasteiger partial charge in [0.2, 0.25) is 0 Å². The zero-order valence-corrected chi connectivity index (χ0v) is 18.8. The van der Waals surface area contributed by atoms with Crippen molar-refractivity contribution in [3.8, 4) is 11.8 Å². The summed E-state index contributed by atoms with van der Waals surface area (Å²) in [7, 11) is 0. The Labute approximate surface area is 197 Å². The molecule has 0 saturated heterocycles. The Kier molecular flexibility index (Phi) is 5.26. The van der Waals surface area contributed by atoms with Gasteiger partial charge < -0.3 is 24.4 Å². The highest BCUT2D eigenvalue weighted by Gasteiger charge is 2.54. The SMILES string of the molecule is Cc1ccccc1COC(=O)Nc1c(C#Cc2cc3cc(C4(C(=O)O)CC4)oc3o2)nsc1N. The molecule has 0 radical (unpaired) electrons. The first-order chi connectivity index (χ1) is 16.4. The maximum Gasteiger partial charge on any atom is 0.412 e. The van der Waals surface area contributed by atoms with Crippen LogP contribution in [0.1, 0.15) is 41.2 Å². The number of benzene rings is 1. The largest absolute Gasteiger partial charge is 0.480 e. The summed E-state index contributed by atoms with van der Waals surface area (Å²) in [6.45, 7) is 2.06. The van der Waals surface area contributed by atoms with E-state index < -0.39 is 17.5 Å². The first-order valence-corrected chi connectivity index (χ1v) is 11.2. The van der Waals surface area contributed by atoms with E-state index in [0.717, 1.165) is 22.7 Å². The number of anilines is 2. The number of furan rings is 2. The fraction of sp³-hybridized carbons (Fsp3) is 0.208. The van der Waals surface area contributed by atoms with Gasteiger partial charge in [0, 0.05) is 6.07 Å². The molecular weight excluding hydrogens is 458 g/mol.